The third-order valence-corrected chi connectivity index (χ3v) is 12.8. The quantitative estimate of drug-likeness (QED) is 0.231. The minimum absolute atomic E-state index is 0.109. The number of hydrogen-bond acceptors (Lipinski definition) is 9. The molecule has 5 atom stereocenters. The molecule has 1 heterocycles. The molecule has 2 aromatic carbocycles. The van der Waals surface area contributed by atoms with Gasteiger partial charge in [0.25, 0.3) is 0 Å². The number of carbonyl (C=O) groups is 3. The largest absolute Gasteiger partial charge is 0.493 e. The lowest BCUT2D eigenvalue weighted by atomic mass is 9.43. The summed E-state index contributed by atoms with van der Waals surface area (Å²) in [6, 6.07) is 11.4. The zero-order valence-corrected chi connectivity index (χ0v) is 32.1. The topological polar surface area (TPSA) is 125 Å². The molecule has 2 aromatic rings. The van der Waals surface area contributed by atoms with Gasteiger partial charge in [-0.1, -0.05) is 26.0 Å². The fourth-order valence-corrected chi connectivity index (χ4v) is 11.5. The highest BCUT2D eigenvalue weighted by atomic mass is 16.6. The number of alkyl carbamates (subject to hydrolysis) is 1. The Morgan fingerprint density at radius 3 is 2.15 bits per heavy atom. The summed E-state index contributed by atoms with van der Waals surface area (Å²) < 4.78 is 28.0. The van der Waals surface area contributed by atoms with E-state index in [9.17, 15) is 14.4 Å². The SMILES string of the molecule is COc1ccc(C[C@H]2CCC(=O)[C@@H]2Cc2ccc(OC(=O)NCCN3CC[C@H](OC(=O)NC45CC6CC(C)(CC(C)(C6)C4)C5)C3)c(OC)c2)cc1OC. The lowest BCUT2D eigenvalue weighted by Gasteiger charge is -2.65. The second-order valence-electron chi connectivity index (χ2n) is 17.4. The molecule has 8 rings (SSSR count). The van der Waals surface area contributed by atoms with Crippen LogP contribution in [0.15, 0.2) is 36.4 Å². The van der Waals surface area contributed by atoms with E-state index >= 15 is 0 Å². The zero-order chi connectivity index (χ0) is 37.4. The number of ketones is 1. The highest BCUT2D eigenvalue weighted by molar-refractivity contribution is 5.83. The fraction of sp³-hybridized carbons (Fsp3) is 0.643. The summed E-state index contributed by atoms with van der Waals surface area (Å²) in [7, 11) is 4.78. The fourth-order valence-electron chi connectivity index (χ4n) is 11.5. The van der Waals surface area contributed by atoms with Crippen LogP contribution in [0.2, 0.25) is 0 Å². The third-order valence-electron chi connectivity index (χ3n) is 12.8. The van der Waals surface area contributed by atoms with Crippen LogP contribution in [-0.4, -0.2) is 82.0 Å². The first-order chi connectivity index (χ1) is 25.4. The number of amides is 2. The van der Waals surface area contributed by atoms with Crippen LogP contribution in [-0.2, 0) is 22.4 Å². The Bertz CT molecular complexity index is 1680. The van der Waals surface area contributed by atoms with Crippen LogP contribution < -0.4 is 29.6 Å². The number of benzene rings is 2. The first-order valence-corrected chi connectivity index (χ1v) is 19.5. The summed E-state index contributed by atoms with van der Waals surface area (Å²) in [4.78, 5) is 41.1. The number of nitrogens with zero attached hydrogens (tertiary/aromatic N) is 1. The van der Waals surface area contributed by atoms with Gasteiger partial charge in [-0.3, -0.25) is 9.69 Å². The number of rotatable bonds is 13. The molecular weight excluding hydrogens is 674 g/mol. The average molecular weight is 732 g/mol. The van der Waals surface area contributed by atoms with Crippen LogP contribution in [0.3, 0.4) is 0 Å². The van der Waals surface area contributed by atoms with Crippen molar-refractivity contribution in [3.8, 4) is 23.0 Å². The molecule has 2 unspecified atom stereocenters. The second-order valence-corrected chi connectivity index (χ2v) is 17.4. The summed E-state index contributed by atoms with van der Waals surface area (Å²) in [6.07, 6.45) is 9.56. The molecule has 1 saturated heterocycles. The maximum atomic E-state index is 13.1. The van der Waals surface area contributed by atoms with Crippen LogP contribution in [0.5, 0.6) is 23.0 Å². The molecule has 6 fully saturated rings. The lowest BCUT2D eigenvalue weighted by Crippen LogP contribution is -2.65. The van der Waals surface area contributed by atoms with E-state index in [0.29, 0.717) is 72.2 Å². The van der Waals surface area contributed by atoms with Gasteiger partial charge in [-0.2, -0.15) is 0 Å². The van der Waals surface area contributed by atoms with Gasteiger partial charge in [0.05, 0.1) is 21.3 Å². The van der Waals surface area contributed by atoms with Crippen molar-refractivity contribution < 1.29 is 38.1 Å². The molecule has 5 aliphatic carbocycles. The van der Waals surface area contributed by atoms with Crippen molar-refractivity contribution in [1.82, 2.24) is 15.5 Å². The Hall–Kier alpha value is -3.99. The van der Waals surface area contributed by atoms with Crippen LogP contribution >= 0.6 is 0 Å². The summed E-state index contributed by atoms with van der Waals surface area (Å²) >= 11 is 0. The molecule has 11 heteroatoms. The summed E-state index contributed by atoms with van der Waals surface area (Å²) in [5.74, 6) is 3.19. The zero-order valence-electron chi connectivity index (χ0n) is 32.1. The van der Waals surface area contributed by atoms with Crippen LogP contribution in [0, 0.1) is 28.6 Å². The number of methoxy groups -OCH3 is 3. The average Bonchev–Trinajstić information content (AvgIpc) is 3.68. The molecule has 4 bridgehead atoms. The van der Waals surface area contributed by atoms with E-state index in [1.54, 1.807) is 27.4 Å². The van der Waals surface area contributed by atoms with Gasteiger partial charge in [0.2, 0.25) is 0 Å². The maximum absolute atomic E-state index is 13.1. The van der Waals surface area contributed by atoms with Gasteiger partial charge in [-0.25, -0.2) is 9.59 Å². The number of hydrogen-bond donors (Lipinski definition) is 2. The van der Waals surface area contributed by atoms with Crippen molar-refractivity contribution >= 4 is 18.0 Å². The normalized spacial score (nSPS) is 31.7. The van der Waals surface area contributed by atoms with E-state index in [0.717, 1.165) is 56.2 Å². The molecule has 11 nitrogen and oxygen atoms in total. The summed E-state index contributed by atoms with van der Waals surface area (Å²) in [5, 5.41) is 6.20. The first-order valence-electron chi connectivity index (χ1n) is 19.5. The predicted octanol–water partition coefficient (Wildman–Crippen LogP) is 6.73. The van der Waals surface area contributed by atoms with Crippen LogP contribution in [0.1, 0.15) is 82.8 Å². The molecular formula is C42H57N3O8. The van der Waals surface area contributed by atoms with E-state index in [1.165, 1.54) is 19.3 Å². The molecule has 0 aromatic heterocycles. The van der Waals surface area contributed by atoms with Crippen molar-refractivity contribution in [2.24, 2.45) is 28.6 Å². The van der Waals surface area contributed by atoms with E-state index in [1.807, 2.05) is 30.3 Å². The number of ether oxygens (including phenoxy) is 5. The van der Waals surface area contributed by atoms with Gasteiger partial charge in [0.15, 0.2) is 23.0 Å². The maximum Gasteiger partial charge on any atom is 0.412 e. The van der Waals surface area contributed by atoms with E-state index in [2.05, 4.69) is 29.4 Å². The molecule has 1 aliphatic heterocycles. The van der Waals surface area contributed by atoms with Crippen molar-refractivity contribution in [1.29, 1.82) is 0 Å². The predicted molar refractivity (Wildman–Crippen MR) is 200 cm³/mol. The lowest BCUT2D eigenvalue weighted by molar-refractivity contribution is -0.121. The highest BCUT2D eigenvalue weighted by Gasteiger charge is 2.60. The molecule has 5 saturated carbocycles. The number of carbonyl (C=O) groups excluding carboxylic acids is 3. The van der Waals surface area contributed by atoms with E-state index in [4.69, 9.17) is 23.7 Å². The monoisotopic (exact) mass is 731 g/mol. The molecule has 2 amide bonds. The van der Waals surface area contributed by atoms with Crippen molar-refractivity contribution in [3.63, 3.8) is 0 Å². The van der Waals surface area contributed by atoms with E-state index in [-0.39, 0.29) is 35.4 Å². The van der Waals surface area contributed by atoms with Gasteiger partial charge >= 0.3 is 12.2 Å². The van der Waals surface area contributed by atoms with Crippen molar-refractivity contribution in [2.45, 2.75) is 96.1 Å². The molecule has 2 N–H and O–H groups in total. The Balaban J connectivity index is 0.850. The Kier molecular flexibility index (Phi) is 10.6. The Morgan fingerprint density at radius 2 is 1.47 bits per heavy atom. The van der Waals surface area contributed by atoms with Crippen molar-refractivity contribution in [3.05, 3.63) is 47.5 Å². The standard InChI is InChI=1S/C42H57N3O8/c1-40-20-29-21-41(2,24-40)26-42(22-29,25-40)44-39(48)52-31-12-14-45(23-31)15-13-43-38(47)53-35-11-7-28(19-37(35)51-5)17-32-30(8-9-33(32)46)16-27-6-10-34(49-3)36(18-27)50-4/h6-7,10-11,18-19,29-32H,8-9,12-17,20-26H2,1-5H3,(H,43,47)(H,44,48)/t29?,30-,31+,32-,40?,41?,42?/m1/s1. The van der Waals surface area contributed by atoms with Gasteiger partial charge in [0.1, 0.15) is 11.9 Å². The summed E-state index contributed by atoms with van der Waals surface area (Å²) in [6.45, 7) is 7.27. The third kappa shape index (κ3) is 8.40. The summed E-state index contributed by atoms with van der Waals surface area (Å²) in [5.41, 5.74) is 2.58. The molecule has 53 heavy (non-hydrogen) atoms. The number of Topliss-reactive ketones (excluding diaryl/α,β-unsaturated/α-hetero) is 1. The van der Waals surface area contributed by atoms with E-state index < -0.39 is 6.09 Å². The van der Waals surface area contributed by atoms with Gasteiger partial charge < -0.3 is 34.3 Å². The van der Waals surface area contributed by atoms with Crippen molar-refractivity contribution in [2.75, 3.05) is 47.5 Å². The van der Waals surface area contributed by atoms with Gasteiger partial charge in [0, 0.05) is 44.1 Å². The Morgan fingerprint density at radius 1 is 0.811 bits per heavy atom. The van der Waals surface area contributed by atoms with Crippen LogP contribution in [0.25, 0.3) is 0 Å². The number of likely N-dealkylation sites (tertiary alicyclic amines) is 1. The second kappa shape index (κ2) is 15.0. The Labute approximate surface area is 313 Å². The minimum atomic E-state index is -0.568. The van der Waals surface area contributed by atoms with Gasteiger partial charge in [-0.05, 0) is 122 Å². The highest BCUT2D eigenvalue weighted by Crippen LogP contribution is 2.66. The minimum Gasteiger partial charge on any atom is -0.493 e. The molecule has 288 valence electrons. The molecule has 6 aliphatic rings. The van der Waals surface area contributed by atoms with Crippen LogP contribution in [0.4, 0.5) is 9.59 Å². The number of nitrogens with one attached hydrogen (secondary N) is 2. The van der Waals surface area contributed by atoms with Gasteiger partial charge in [-0.15, -0.1) is 0 Å². The first kappa shape index (κ1) is 37.3. The molecule has 0 spiro atoms. The smallest absolute Gasteiger partial charge is 0.412 e. The molecule has 0 radical (unpaired) electrons.